The number of phenolic OH excluding ortho intramolecular Hbond substituents is 2. The number of aliphatic hydroxyl groups excluding tert-OH is 2. The lowest BCUT2D eigenvalue weighted by molar-refractivity contribution is -0.218. The molecule has 9 atom stereocenters. The first-order valence-corrected chi connectivity index (χ1v) is 19.2. The molecule has 0 saturated heterocycles. The third-order valence-corrected chi connectivity index (χ3v) is 15.7. The standard InChI is InChI=1S/C30H48O4.C14H12O4/c1-25(2)14-15-30(24(33)34)19(16-25)18-8-9-21-27(5)12-11-22(31)26(3,4)20(27)10-13-28(21,6)29(18,7)17-23(30)32;1-18-9-6-7-11(13(16)8-9)14(17)10-4-2-3-5-12(10)15/h8,19-23,31-32H,9-17H2,1-7H3,(H,33,34);2-8,15-16H,1H3. The summed E-state index contributed by atoms with van der Waals surface area (Å²) in [6.07, 6.45) is 9.35. The van der Waals surface area contributed by atoms with Gasteiger partial charge in [0.15, 0.2) is 5.78 Å². The van der Waals surface area contributed by atoms with Gasteiger partial charge in [0.2, 0.25) is 0 Å². The Morgan fingerprint density at radius 1 is 0.769 bits per heavy atom. The highest BCUT2D eigenvalue weighted by atomic mass is 16.5. The number of ketones is 1. The van der Waals surface area contributed by atoms with E-state index in [0.717, 1.165) is 44.9 Å². The maximum absolute atomic E-state index is 12.8. The van der Waals surface area contributed by atoms with Gasteiger partial charge in [0.1, 0.15) is 22.7 Å². The minimum atomic E-state index is -1.04. The Labute approximate surface area is 309 Å². The van der Waals surface area contributed by atoms with Gasteiger partial charge in [-0.15, -0.1) is 0 Å². The van der Waals surface area contributed by atoms with E-state index >= 15 is 0 Å². The Kier molecular flexibility index (Phi) is 9.52. The monoisotopic (exact) mass is 716 g/mol. The molecule has 4 saturated carbocycles. The Bertz CT molecular complexity index is 1760. The number of phenols is 2. The van der Waals surface area contributed by atoms with Crippen LogP contribution >= 0.6 is 0 Å². The van der Waals surface area contributed by atoms with Crippen molar-refractivity contribution in [3.05, 3.63) is 65.2 Å². The van der Waals surface area contributed by atoms with Crippen LogP contribution in [-0.2, 0) is 4.79 Å². The Morgan fingerprint density at radius 3 is 2.08 bits per heavy atom. The number of carboxylic acids is 1. The minimum absolute atomic E-state index is 0.0218. The van der Waals surface area contributed by atoms with Crippen LogP contribution in [0.3, 0.4) is 0 Å². The predicted octanol–water partition coefficient (Wildman–Crippen LogP) is 8.54. The number of aromatic hydroxyl groups is 2. The third kappa shape index (κ3) is 5.61. The molecule has 5 aliphatic rings. The molecule has 5 aliphatic carbocycles. The summed E-state index contributed by atoms with van der Waals surface area (Å²) >= 11 is 0. The highest BCUT2D eigenvalue weighted by Gasteiger charge is 2.71. The summed E-state index contributed by atoms with van der Waals surface area (Å²) < 4.78 is 4.94. The van der Waals surface area contributed by atoms with Crippen molar-refractivity contribution >= 4 is 11.8 Å². The van der Waals surface area contributed by atoms with Crippen molar-refractivity contribution in [3.8, 4) is 17.2 Å². The molecule has 0 bridgehead atoms. The summed E-state index contributed by atoms with van der Waals surface area (Å²) in [6.45, 7) is 16.4. The highest BCUT2D eigenvalue weighted by molar-refractivity contribution is 6.12. The van der Waals surface area contributed by atoms with Gasteiger partial charge >= 0.3 is 5.97 Å². The van der Waals surface area contributed by atoms with E-state index in [0.29, 0.717) is 30.4 Å². The fourth-order valence-corrected chi connectivity index (χ4v) is 12.4. The fourth-order valence-electron chi connectivity index (χ4n) is 12.4. The van der Waals surface area contributed by atoms with E-state index in [9.17, 15) is 35.1 Å². The number of ether oxygens (including phenoxy) is 1. The zero-order chi connectivity index (χ0) is 38.2. The normalized spacial score (nSPS) is 38.4. The fraction of sp³-hybridized carbons (Fsp3) is 0.636. The largest absolute Gasteiger partial charge is 0.507 e. The zero-order valence-corrected chi connectivity index (χ0v) is 32.3. The van der Waals surface area contributed by atoms with Crippen LogP contribution < -0.4 is 4.74 Å². The summed E-state index contributed by atoms with van der Waals surface area (Å²) in [6, 6.07) is 10.6. The van der Waals surface area contributed by atoms with Crippen LogP contribution in [0.2, 0.25) is 0 Å². The topological polar surface area (TPSA) is 145 Å². The molecule has 0 aliphatic heterocycles. The zero-order valence-electron chi connectivity index (χ0n) is 32.3. The number of carbonyl (C=O) groups excluding carboxylic acids is 1. The van der Waals surface area contributed by atoms with Crippen molar-refractivity contribution in [1.82, 2.24) is 0 Å². The minimum Gasteiger partial charge on any atom is -0.507 e. The van der Waals surface area contributed by atoms with E-state index in [1.54, 1.807) is 18.2 Å². The molecule has 0 spiro atoms. The highest BCUT2D eigenvalue weighted by Crippen LogP contribution is 2.75. The molecule has 8 heteroatoms. The maximum atomic E-state index is 12.8. The first-order valence-electron chi connectivity index (χ1n) is 19.2. The number of allylic oxidation sites excluding steroid dienone is 2. The van der Waals surface area contributed by atoms with Crippen molar-refractivity contribution in [2.75, 3.05) is 7.11 Å². The number of benzene rings is 2. The first-order chi connectivity index (χ1) is 24.2. The van der Waals surface area contributed by atoms with Crippen LogP contribution in [0, 0.1) is 50.2 Å². The van der Waals surface area contributed by atoms with Crippen molar-refractivity contribution in [2.45, 2.75) is 118 Å². The van der Waals surface area contributed by atoms with Gasteiger partial charge in [-0.1, -0.05) is 72.2 Å². The van der Waals surface area contributed by atoms with E-state index in [-0.39, 0.29) is 61.7 Å². The molecule has 284 valence electrons. The number of hydrogen-bond donors (Lipinski definition) is 5. The van der Waals surface area contributed by atoms with Crippen LogP contribution in [0.1, 0.15) is 122 Å². The lowest BCUT2D eigenvalue weighted by atomic mass is 9.33. The number of rotatable bonds is 4. The van der Waals surface area contributed by atoms with Crippen LogP contribution in [0.25, 0.3) is 0 Å². The molecule has 5 N–H and O–H groups in total. The molecule has 8 nitrogen and oxygen atoms in total. The SMILES string of the molecule is CC1(C)CCC2(C(=O)O)C(O)CC3(C)C(=CCC4C5(C)CCC(O)C(C)(C)C5CCC43C)C2C1.COc1ccc(C(=O)c2ccccc2O)c(O)c1. The van der Waals surface area contributed by atoms with Gasteiger partial charge in [0, 0.05) is 6.07 Å². The molecule has 52 heavy (non-hydrogen) atoms. The molecule has 0 amide bonds. The lowest BCUT2D eigenvalue weighted by Crippen LogP contribution is -2.67. The van der Waals surface area contributed by atoms with Gasteiger partial charge in [0.25, 0.3) is 0 Å². The number of aliphatic carboxylic acids is 1. The number of fused-ring (bicyclic) bond motifs is 7. The quantitative estimate of drug-likeness (QED) is 0.156. The van der Waals surface area contributed by atoms with E-state index in [1.807, 2.05) is 0 Å². The number of methoxy groups -OCH3 is 1. The summed E-state index contributed by atoms with van der Waals surface area (Å²) in [7, 11) is 1.47. The van der Waals surface area contributed by atoms with Gasteiger partial charge in [0.05, 0.1) is 30.4 Å². The van der Waals surface area contributed by atoms with Gasteiger partial charge < -0.3 is 30.3 Å². The Morgan fingerprint density at radius 2 is 1.44 bits per heavy atom. The molecule has 4 fully saturated rings. The second-order valence-electron chi connectivity index (χ2n) is 18.9. The van der Waals surface area contributed by atoms with Crippen LogP contribution in [-0.4, -0.2) is 56.6 Å². The van der Waals surface area contributed by atoms with Crippen LogP contribution in [0.4, 0.5) is 0 Å². The number of para-hydroxylation sites is 1. The molecular formula is C44H60O8. The molecule has 7 rings (SSSR count). The van der Waals surface area contributed by atoms with E-state index in [1.165, 1.54) is 36.9 Å². The average Bonchev–Trinajstić information content (AvgIpc) is 3.07. The van der Waals surface area contributed by atoms with Gasteiger partial charge in [-0.05, 0) is 127 Å². The molecule has 9 unspecified atom stereocenters. The van der Waals surface area contributed by atoms with Crippen LogP contribution in [0.15, 0.2) is 54.1 Å². The Balaban J connectivity index is 0.000000217. The van der Waals surface area contributed by atoms with Crippen molar-refractivity contribution in [2.24, 2.45) is 50.2 Å². The summed E-state index contributed by atoms with van der Waals surface area (Å²) in [5.74, 6) is -0.180. The van der Waals surface area contributed by atoms with Gasteiger partial charge in [-0.25, -0.2) is 0 Å². The van der Waals surface area contributed by atoms with Crippen molar-refractivity contribution in [1.29, 1.82) is 0 Å². The van der Waals surface area contributed by atoms with Crippen LogP contribution in [0.5, 0.6) is 17.2 Å². The van der Waals surface area contributed by atoms with E-state index < -0.39 is 23.3 Å². The maximum Gasteiger partial charge on any atom is 0.312 e. The second kappa shape index (κ2) is 12.9. The number of hydrogen-bond acceptors (Lipinski definition) is 7. The van der Waals surface area contributed by atoms with Crippen molar-refractivity contribution < 1.29 is 39.9 Å². The van der Waals surface area contributed by atoms with Crippen molar-refractivity contribution in [3.63, 3.8) is 0 Å². The van der Waals surface area contributed by atoms with E-state index in [2.05, 4.69) is 54.5 Å². The second-order valence-corrected chi connectivity index (χ2v) is 18.9. The predicted molar refractivity (Wildman–Crippen MR) is 200 cm³/mol. The number of carbonyl (C=O) groups is 2. The molecule has 0 radical (unpaired) electrons. The smallest absolute Gasteiger partial charge is 0.312 e. The molecular weight excluding hydrogens is 656 g/mol. The molecule has 2 aromatic rings. The number of carboxylic acid groups (broad SMARTS) is 1. The Hall–Kier alpha value is -3.36. The molecule has 0 heterocycles. The first kappa shape index (κ1) is 38.4. The van der Waals surface area contributed by atoms with Gasteiger partial charge in [-0.2, -0.15) is 0 Å². The van der Waals surface area contributed by atoms with E-state index in [4.69, 9.17) is 4.74 Å². The molecule has 2 aromatic carbocycles. The summed E-state index contributed by atoms with van der Waals surface area (Å²) in [4.78, 5) is 24.9. The average molecular weight is 717 g/mol. The summed E-state index contributed by atoms with van der Waals surface area (Å²) in [5, 5.41) is 52.4. The third-order valence-electron chi connectivity index (χ3n) is 15.7. The lowest BCUT2D eigenvalue weighted by Gasteiger charge is -2.71. The van der Waals surface area contributed by atoms with Gasteiger partial charge in [-0.3, -0.25) is 9.59 Å². The number of aliphatic hydroxyl groups is 2. The molecule has 0 aromatic heterocycles. The summed E-state index contributed by atoms with van der Waals surface area (Å²) in [5.41, 5.74) is 0.569.